The molecule has 5 N–H and O–H groups in total. The molecule has 10 heteroatoms. The van der Waals surface area contributed by atoms with Crippen molar-refractivity contribution in [2.45, 2.75) is 75.9 Å². The number of fused-ring (bicyclic) bond motifs is 3. The summed E-state index contributed by atoms with van der Waals surface area (Å²) < 4.78 is 14.0. The number of phenolic OH excluding ortho intramolecular Hbond substituents is 1. The molecule has 1 saturated carbocycles. The average Bonchev–Trinajstić information content (AvgIpc) is 3.70. The maximum atomic E-state index is 12.0. The molecule has 7 rings (SSSR count). The number of ether oxygens (including phenoxy) is 2. The van der Waals surface area contributed by atoms with Crippen LogP contribution in [0.5, 0.6) is 5.75 Å². The van der Waals surface area contributed by atoms with Gasteiger partial charge in [-0.2, -0.15) is 0 Å². The van der Waals surface area contributed by atoms with Crippen molar-refractivity contribution in [1.82, 2.24) is 5.32 Å². The van der Waals surface area contributed by atoms with Gasteiger partial charge in [-0.25, -0.2) is 0 Å². The van der Waals surface area contributed by atoms with Crippen LogP contribution in [0.4, 0.5) is 5.69 Å². The van der Waals surface area contributed by atoms with Crippen molar-refractivity contribution in [3.05, 3.63) is 95.1 Å². The number of nitrogens with one attached hydrogen (secondary N) is 2. The van der Waals surface area contributed by atoms with E-state index in [0.717, 1.165) is 47.1 Å². The quantitative estimate of drug-likeness (QED) is 0.0487. The van der Waals surface area contributed by atoms with Crippen LogP contribution in [0, 0.1) is 11.8 Å². The first kappa shape index (κ1) is 38.4. The SMILES string of the molecule is Br.CC(NC[C@H](O)c1ccc(O)c(NC=O)c1)c1ccc(COCC[N+]23CCC(CC2)[C@@H](OC[C@@](O)(c2ccccc2)C2CCCC2)C3)cc1. The summed E-state index contributed by atoms with van der Waals surface area (Å²) in [6.45, 7) is 8.35. The number of hydrogen-bond acceptors (Lipinski definition) is 7. The molecule has 0 spiro atoms. The van der Waals surface area contributed by atoms with Gasteiger partial charge in [-0.05, 0) is 60.1 Å². The van der Waals surface area contributed by atoms with Gasteiger partial charge in [0.05, 0.1) is 44.7 Å². The predicted octanol–water partition coefficient (Wildman–Crippen LogP) is 6.14. The van der Waals surface area contributed by atoms with E-state index in [9.17, 15) is 20.1 Å². The van der Waals surface area contributed by atoms with Crippen LogP contribution in [0.3, 0.4) is 0 Å². The van der Waals surface area contributed by atoms with Gasteiger partial charge in [0.15, 0.2) is 0 Å². The van der Waals surface area contributed by atoms with Crippen LogP contribution >= 0.6 is 17.0 Å². The number of carbonyl (C=O) groups is 1. The highest BCUT2D eigenvalue weighted by Gasteiger charge is 2.48. The Morgan fingerprint density at radius 1 is 0.980 bits per heavy atom. The van der Waals surface area contributed by atoms with E-state index in [1.807, 2.05) is 18.2 Å². The zero-order valence-corrected chi connectivity index (χ0v) is 30.9. The van der Waals surface area contributed by atoms with Gasteiger partial charge in [0.2, 0.25) is 6.41 Å². The van der Waals surface area contributed by atoms with Crippen molar-refractivity contribution >= 4 is 29.1 Å². The number of aromatic hydroxyl groups is 1. The lowest BCUT2D eigenvalue weighted by Crippen LogP contribution is -2.65. The predicted molar refractivity (Wildman–Crippen MR) is 200 cm³/mol. The molecule has 0 radical (unpaired) electrons. The molecule has 4 fully saturated rings. The van der Waals surface area contributed by atoms with Crippen LogP contribution in [0.2, 0.25) is 0 Å². The van der Waals surface area contributed by atoms with Gasteiger partial charge in [0, 0.05) is 31.3 Å². The number of aliphatic hydroxyl groups is 2. The zero-order valence-electron chi connectivity index (χ0n) is 29.2. The van der Waals surface area contributed by atoms with E-state index in [1.54, 1.807) is 12.1 Å². The Kier molecular flexibility index (Phi) is 13.5. The van der Waals surface area contributed by atoms with Crippen molar-refractivity contribution in [2.24, 2.45) is 11.8 Å². The standard InChI is InChI=1S/C40H53N3O6.BrH/c1-29(41-24-38(46)33-15-16-37(45)36(23-33)42-28-44)31-13-11-30(12-14-31)26-48-22-21-43-19-17-32(18-20-43)39(25-43)49-27-40(47,35-9-5-6-10-35)34-7-3-2-4-8-34;/h2-4,7-8,11-16,23,28-29,32,35,38-39,41,46-47H,5-6,9-10,17-22,24-27H2,1H3,(H-,42,44,45);1H/p+1/t29?,32?,38-,39-,40+,43?;/m0./s1. The lowest BCUT2D eigenvalue weighted by atomic mass is 9.80. The number of nitrogens with zero attached hydrogens (tertiary/aromatic N) is 1. The fraction of sp³-hybridized carbons (Fsp3) is 0.525. The van der Waals surface area contributed by atoms with Crippen molar-refractivity contribution in [3.8, 4) is 5.75 Å². The maximum absolute atomic E-state index is 12.0. The summed E-state index contributed by atoms with van der Waals surface area (Å²) >= 11 is 0. The number of rotatable bonds is 17. The van der Waals surface area contributed by atoms with Gasteiger partial charge >= 0.3 is 0 Å². The summed E-state index contributed by atoms with van der Waals surface area (Å²) in [6, 6.07) is 23.3. The molecule has 1 aliphatic carbocycles. The molecular weight excluding hydrogens is 698 g/mol. The van der Waals surface area contributed by atoms with E-state index in [4.69, 9.17) is 9.47 Å². The largest absolute Gasteiger partial charge is 0.506 e. The zero-order chi connectivity index (χ0) is 34.3. The number of piperidine rings is 3. The van der Waals surface area contributed by atoms with E-state index >= 15 is 0 Å². The molecular formula is C40H55BrN3O6+. The van der Waals surface area contributed by atoms with Crippen LogP contribution in [0.1, 0.15) is 79.8 Å². The third-order valence-electron chi connectivity index (χ3n) is 11.6. The second-order valence-electron chi connectivity index (χ2n) is 14.6. The van der Waals surface area contributed by atoms with E-state index in [1.165, 1.54) is 44.8 Å². The Hall–Kier alpha value is -2.83. The minimum Gasteiger partial charge on any atom is -0.506 e. The van der Waals surface area contributed by atoms with E-state index in [2.05, 4.69) is 54.0 Å². The van der Waals surface area contributed by atoms with Crippen LogP contribution < -0.4 is 10.6 Å². The molecule has 4 aliphatic rings. The molecule has 2 bridgehead atoms. The normalized spacial score (nSPS) is 24.2. The first-order chi connectivity index (χ1) is 23.8. The number of hydrogen-bond donors (Lipinski definition) is 5. The van der Waals surface area contributed by atoms with Crippen LogP contribution in [-0.4, -0.2) is 78.3 Å². The molecule has 3 saturated heterocycles. The van der Waals surface area contributed by atoms with Crippen molar-refractivity contribution < 1.29 is 34.1 Å². The number of amides is 1. The summed E-state index contributed by atoms with van der Waals surface area (Å²) in [5.74, 6) is 0.790. The first-order valence-electron chi connectivity index (χ1n) is 18.1. The summed E-state index contributed by atoms with van der Waals surface area (Å²) in [5.41, 5.74) is 3.18. The molecule has 4 atom stereocenters. The van der Waals surface area contributed by atoms with Crippen molar-refractivity contribution in [2.75, 3.05) is 51.3 Å². The Balaban J connectivity index is 0.00000486. The number of quaternary nitrogens is 1. The fourth-order valence-corrected chi connectivity index (χ4v) is 8.34. The third kappa shape index (κ3) is 9.14. The average molecular weight is 754 g/mol. The lowest BCUT2D eigenvalue weighted by molar-refractivity contribution is -0.946. The Morgan fingerprint density at radius 3 is 2.38 bits per heavy atom. The highest BCUT2D eigenvalue weighted by atomic mass is 79.9. The molecule has 3 aliphatic heterocycles. The van der Waals surface area contributed by atoms with Gasteiger partial charge in [-0.3, -0.25) is 4.79 Å². The van der Waals surface area contributed by atoms with Gasteiger partial charge < -0.3 is 39.9 Å². The second kappa shape index (κ2) is 17.6. The summed E-state index contributed by atoms with van der Waals surface area (Å²) in [6.07, 6.45) is 6.74. The van der Waals surface area contributed by atoms with Crippen molar-refractivity contribution in [3.63, 3.8) is 0 Å². The molecule has 272 valence electrons. The van der Waals surface area contributed by atoms with Gasteiger partial charge in [-0.1, -0.05) is 73.5 Å². The number of benzene rings is 3. The lowest BCUT2D eigenvalue weighted by Gasteiger charge is -2.52. The first-order valence-corrected chi connectivity index (χ1v) is 18.1. The minimum absolute atomic E-state index is 0. The van der Waals surface area contributed by atoms with Gasteiger partial charge in [0.1, 0.15) is 30.5 Å². The molecule has 1 amide bonds. The van der Waals surface area contributed by atoms with Gasteiger partial charge in [-0.15, -0.1) is 17.0 Å². The number of halogens is 1. The minimum atomic E-state index is -0.920. The maximum Gasteiger partial charge on any atom is 0.211 e. The highest BCUT2D eigenvalue weighted by Crippen LogP contribution is 2.42. The smallest absolute Gasteiger partial charge is 0.211 e. The number of aliphatic hydroxyl groups excluding tert-OH is 1. The Morgan fingerprint density at radius 2 is 1.68 bits per heavy atom. The van der Waals surface area contributed by atoms with Crippen LogP contribution in [-0.2, 0) is 26.5 Å². The number of carbonyl (C=O) groups excluding carboxylic acids is 1. The fourth-order valence-electron chi connectivity index (χ4n) is 8.34. The van der Waals surface area contributed by atoms with E-state index in [0.29, 0.717) is 44.3 Å². The molecule has 3 aromatic carbocycles. The second-order valence-corrected chi connectivity index (χ2v) is 14.6. The summed E-state index contributed by atoms with van der Waals surface area (Å²) in [5, 5.41) is 38.4. The summed E-state index contributed by atoms with van der Waals surface area (Å²) in [7, 11) is 0. The summed E-state index contributed by atoms with van der Waals surface area (Å²) in [4.78, 5) is 10.8. The molecule has 3 aromatic rings. The number of phenols is 1. The Bertz CT molecular complexity index is 1500. The monoisotopic (exact) mass is 752 g/mol. The van der Waals surface area contributed by atoms with Crippen molar-refractivity contribution in [1.29, 1.82) is 0 Å². The molecule has 1 unspecified atom stereocenters. The van der Waals surface area contributed by atoms with Crippen LogP contribution in [0.25, 0.3) is 0 Å². The molecule has 50 heavy (non-hydrogen) atoms. The van der Waals surface area contributed by atoms with Crippen LogP contribution in [0.15, 0.2) is 72.8 Å². The van der Waals surface area contributed by atoms with E-state index < -0.39 is 11.7 Å². The molecule has 9 nitrogen and oxygen atoms in total. The Labute approximate surface area is 307 Å². The number of anilines is 1. The molecule has 3 heterocycles. The molecule has 0 aromatic heterocycles. The third-order valence-corrected chi connectivity index (χ3v) is 11.6. The van der Waals surface area contributed by atoms with E-state index in [-0.39, 0.29) is 46.5 Å². The topological polar surface area (TPSA) is 120 Å². The highest BCUT2D eigenvalue weighted by molar-refractivity contribution is 8.93. The van der Waals surface area contributed by atoms with Gasteiger partial charge in [0.25, 0.3) is 0 Å².